The molecule has 2 fully saturated rings. The highest BCUT2D eigenvalue weighted by Crippen LogP contribution is 2.52. The van der Waals surface area contributed by atoms with Crippen molar-refractivity contribution in [2.24, 2.45) is 11.3 Å². The number of hydrogen-bond donors (Lipinski definition) is 1. The second-order valence-electron chi connectivity index (χ2n) is 6.45. The van der Waals surface area contributed by atoms with Crippen LogP contribution >= 0.6 is 11.3 Å². The van der Waals surface area contributed by atoms with E-state index in [0.29, 0.717) is 36.3 Å². The van der Waals surface area contributed by atoms with Gasteiger partial charge in [0.15, 0.2) is 0 Å². The molecule has 0 radical (unpaired) electrons. The molecule has 1 aliphatic heterocycles. The number of aromatic nitrogens is 2. The zero-order valence-corrected chi connectivity index (χ0v) is 13.0. The molecule has 1 saturated carbocycles. The van der Waals surface area contributed by atoms with Gasteiger partial charge in [-0.05, 0) is 17.9 Å². The Morgan fingerprint density at radius 3 is 3.19 bits per heavy atom. The van der Waals surface area contributed by atoms with Gasteiger partial charge in [0.1, 0.15) is 0 Å². The monoisotopic (exact) mass is 305 g/mol. The summed E-state index contributed by atoms with van der Waals surface area (Å²) in [6.07, 6.45) is 1.55. The third-order valence-corrected chi connectivity index (χ3v) is 5.50. The van der Waals surface area contributed by atoms with Crippen LogP contribution in [0.5, 0.6) is 0 Å². The maximum Gasteiger partial charge on any atom is 0.240 e. The van der Waals surface area contributed by atoms with Crippen molar-refractivity contribution in [2.75, 3.05) is 6.61 Å². The zero-order valence-electron chi connectivity index (χ0n) is 12.2. The van der Waals surface area contributed by atoms with Crippen molar-refractivity contribution in [3.8, 4) is 11.4 Å². The van der Waals surface area contributed by atoms with Crippen molar-refractivity contribution in [3.63, 3.8) is 0 Å². The van der Waals surface area contributed by atoms with Gasteiger partial charge in [-0.25, -0.2) is 0 Å². The van der Waals surface area contributed by atoms with E-state index in [0.717, 1.165) is 18.6 Å². The van der Waals surface area contributed by atoms with E-state index in [2.05, 4.69) is 29.3 Å². The maximum absolute atomic E-state index is 5.81. The number of nitrogens with zero attached hydrogens (tertiary/aromatic N) is 2. The molecule has 0 bridgehead atoms. The van der Waals surface area contributed by atoms with E-state index in [4.69, 9.17) is 9.26 Å². The lowest BCUT2D eigenvalue weighted by Gasteiger charge is -2.54. The molecule has 3 heterocycles. The smallest absolute Gasteiger partial charge is 0.240 e. The first-order valence-corrected chi connectivity index (χ1v) is 8.30. The van der Waals surface area contributed by atoms with E-state index >= 15 is 0 Å². The molecule has 3 atom stereocenters. The summed E-state index contributed by atoms with van der Waals surface area (Å²) in [4.78, 5) is 4.45. The lowest BCUT2D eigenvalue weighted by molar-refractivity contribution is -0.113. The van der Waals surface area contributed by atoms with Gasteiger partial charge in [0.25, 0.3) is 0 Å². The van der Waals surface area contributed by atoms with Crippen LogP contribution in [0.4, 0.5) is 0 Å². The first kappa shape index (κ1) is 13.4. The molecule has 2 aromatic heterocycles. The second-order valence-corrected chi connectivity index (χ2v) is 7.23. The Balaban J connectivity index is 1.41. The molecule has 1 saturated heterocycles. The van der Waals surface area contributed by atoms with Gasteiger partial charge >= 0.3 is 0 Å². The van der Waals surface area contributed by atoms with E-state index in [1.807, 2.05) is 16.8 Å². The first-order valence-electron chi connectivity index (χ1n) is 7.36. The molecule has 5 nitrogen and oxygen atoms in total. The van der Waals surface area contributed by atoms with Crippen LogP contribution in [0.25, 0.3) is 11.4 Å². The van der Waals surface area contributed by atoms with Crippen LogP contribution < -0.4 is 5.32 Å². The molecule has 112 valence electrons. The summed E-state index contributed by atoms with van der Waals surface area (Å²) < 4.78 is 11.1. The number of thiophene rings is 1. The van der Waals surface area contributed by atoms with Gasteiger partial charge in [0.05, 0.1) is 12.6 Å². The van der Waals surface area contributed by atoms with Gasteiger partial charge in [-0.15, -0.1) is 0 Å². The van der Waals surface area contributed by atoms with Crippen LogP contribution in [0, 0.1) is 11.3 Å². The van der Waals surface area contributed by atoms with Crippen molar-refractivity contribution < 1.29 is 9.26 Å². The lowest BCUT2D eigenvalue weighted by Crippen LogP contribution is -2.65. The SMILES string of the molecule is CC1(C)C(NCc2nc(-c3ccsc3)no2)C2CCOC21. The molecule has 1 aliphatic carbocycles. The molecule has 2 aliphatic rings. The Bertz CT molecular complexity index is 623. The van der Waals surface area contributed by atoms with Crippen LogP contribution in [0.2, 0.25) is 0 Å². The van der Waals surface area contributed by atoms with Crippen LogP contribution in [0.3, 0.4) is 0 Å². The van der Waals surface area contributed by atoms with E-state index in [1.54, 1.807) is 11.3 Å². The van der Waals surface area contributed by atoms with Crippen LogP contribution in [-0.4, -0.2) is 28.9 Å². The third kappa shape index (κ3) is 2.13. The predicted molar refractivity (Wildman–Crippen MR) is 79.9 cm³/mol. The molecular weight excluding hydrogens is 286 g/mol. The van der Waals surface area contributed by atoms with Crippen molar-refractivity contribution in [1.29, 1.82) is 0 Å². The first-order chi connectivity index (χ1) is 10.2. The van der Waals surface area contributed by atoms with Crippen molar-refractivity contribution in [2.45, 2.75) is 39.0 Å². The number of fused-ring (bicyclic) bond motifs is 1. The second kappa shape index (κ2) is 4.90. The Kier molecular flexibility index (Phi) is 3.13. The molecule has 21 heavy (non-hydrogen) atoms. The van der Waals surface area contributed by atoms with Gasteiger partial charge in [-0.3, -0.25) is 0 Å². The predicted octanol–water partition coefficient (Wildman–Crippen LogP) is 2.70. The van der Waals surface area contributed by atoms with E-state index in [1.165, 1.54) is 0 Å². The Morgan fingerprint density at radius 2 is 2.38 bits per heavy atom. The molecule has 3 unspecified atom stereocenters. The molecule has 1 N–H and O–H groups in total. The quantitative estimate of drug-likeness (QED) is 0.941. The lowest BCUT2D eigenvalue weighted by atomic mass is 9.57. The van der Waals surface area contributed by atoms with Gasteiger partial charge < -0.3 is 14.6 Å². The fourth-order valence-electron chi connectivity index (χ4n) is 3.77. The van der Waals surface area contributed by atoms with Gasteiger partial charge in [-0.1, -0.05) is 19.0 Å². The van der Waals surface area contributed by atoms with Gasteiger partial charge in [0, 0.05) is 34.9 Å². The number of ether oxygens (including phenoxy) is 1. The highest BCUT2D eigenvalue weighted by Gasteiger charge is 2.58. The standard InChI is InChI=1S/C15H19N3O2S/c1-15(2)12(10-3-5-19-13(10)15)16-7-11-17-14(18-20-11)9-4-6-21-8-9/h4,6,8,10,12-13,16H,3,5,7H2,1-2H3. The molecule has 6 heteroatoms. The summed E-state index contributed by atoms with van der Waals surface area (Å²) in [5, 5.41) is 11.7. The minimum Gasteiger partial charge on any atom is -0.377 e. The van der Waals surface area contributed by atoms with Gasteiger partial charge in [-0.2, -0.15) is 16.3 Å². The number of hydrogen-bond acceptors (Lipinski definition) is 6. The Morgan fingerprint density at radius 1 is 1.48 bits per heavy atom. The van der Waals surface area contributed by atoms with E-state index in [9.17, 15) is 0 Å². The zero-order chi connectivity index (χ0) is 14.4. The van der Waals surface area contributed by atoms with Gasteiger partial charge in [0.2, 0.25) is 11.7 Å². The summed E-state index contributed by atoms with van der Waals surface area (Å²) in [5.41, 5.74) is 1.19. The molecular formula is C15H19N3O2S. The minimum absolute atomic E-state index is 0.178. The molecule has 0 amide bonds. The number of rotatable bonds is 4. The van der Waals surface area contributed by atoms with Crippen LogP contribution in [-0.2, 0) is 11.3 Å². The largest absolute Gasteiger partial charge is 0.377 e. The fourth-order valence-corrected chi connectivity index (χ4v) is 4.41. The Labute approximate surface area is 127 Å². The van der Waals surface area contributed by atoms with Crippen LogP contribution in [0.15, 0.2) is 21.3 Å². The van der Waals surface area contributed by atoms with E-state index in [-0.39, 0.29) is 5.41 Å². The van der Waals surface area contributed by atoms with Crippen molar-refractivity contribution in [1.82, 2.24) is 15.5 Å². The normalized spacial score (nSPS) is 30.1. The molecule has 4 rings (SSSR count). The summed E-state index contributed by atoms with van der Waals surface area (Å²) in [6, 6.07) is 2.46. The summed E-state index contributed by atoms with van der Waals surface area (Å²) in [7, 11) is 0. The summed E-state index contributed by atoms with van der Waals surface area (Å²) in [5.74, 6) is 1.94. The average Bonchev–Trinajstić information content (AvgIpc) is 3.19. The molecule has 0 aromatic carbocycles. The van der Waals surface area contributed by atoms with Crippen molar-refractivity contribution in [3.05, 3.63) is 22.7 Å². The maximum atomic E-state index is 5.81. The summed E-state index contributed by atoms with van der Waals surface area (Å²) in [6.45, 7) is 6.04. The summed E-state index contributed by atoms with van der Waals surface area (Å²) >= 11 is 1.63. The minimum atomic E-state index is 0.178. The highest BCUT2D eigenvalue weighted by atomic mass is 32.1. The van der Waals surface area contributed by atoms with Crippen molar-refractivity contribution >= 4 is 11.3 Å². The van der Waals surface area contributed by atoms with Crippen LogP contribution in [0.1, 0.15) is 26.2 Å². The Hall–Kier alpha value is -1.24. The average molecular weight is 305 g/mol. The number of nitrogens with one attached hydrogen (secondary N) is 1. The fraction of sp³-hybridized carbons (Fsp3) is 0.600. The van der Waals surface area contributed by atoms with E-state index < -0.39 is 0 Å². The topological polar surface area (TPSA) is 60.2 Å². The third-order valence-electron chi connectivity index (χ3n) is 4.82. The highest BCUT2D eigenvalue weighted by molar-refractivity contribution is 7.08. The molecule has 2 aromatic rings. The molecule has 0 spiro atoms.